The van der Waals surface area contributed by atoms with E-state index in [0.717, 1.165) is 31.3 Å². The van der Waals surface area contributed by atoms with Crippen LogP contribution in [0.4, 0.5) is 0 Å². The fourth-order valence-electron chi connectivity index (χ4n) is 2.11. The third-order valence-electron chi connectivity index (χ3n) is 3.10. The normalized spacial score (nSPS) is 10.9. The van der Waals surface area contributed by atoms with Crippen LogP contribution in [0.2, 0.25) is 0 Å². The SMILES string of the molecule is N=C(N)c1ccc2c(c1)sc1cc(C(=N)N)ccc12. The largest absolute Gasteiger partial charge is 0.384 e. The van der Waals surface area contributed by atoms with Gasteiger partial charge in [-0.3, -0.25) is 10.8 Å². The first-order valence-electron chi connectivity index (χ1n) is 5.71. The first-order chi connectivity index (χ1) is 9.06. The van der Waals surface area contributed by atoms with Gasteiger partial charge in [-0.2, -0.15) is 0 Å². The van der Waals surface area contributed by atoms with E-state index < -0.39 is 0 Å². The highest BCUT2D eigenvalue weighted by molar-refractivity contribution is 7.25. The molecule has 3 rings (SSSR count). The van der Waals surface area contributed by atoms with E-state index in [1.165, 1.54) is 0 Å². The van der Waals surface area contributed by atoms with Gasteiger partial charge >= 0.3 is 0 Å². The highest BCUT2D eigenvalue weighted by atomic mass is 32.1. The van der Waals surface area contributed by atoms with E-state index in [9.17, 15) is 0 Å². The summed E-state index contributed by atoms with van der Waals surface area (Å²) in [5.74, 6) is 0.146. The molecule has 6 N–H and O–H groups in total. The molecule has 2 aromatic carbocycles. The second-order valence-electron chi connectivity index (χ2n) is 4.35. The Kier molecular flexibility index (Phi) is 2.50. The number of rotatable bonds is 2. The second kappa shape index (κ2) is 4.07. The van der Waals surface area contributed by atoms with Crippen LogP contribution >= 0.6 is 11.3 Å². The van der Waals surface area contributed by atoms with E-state index in [1.807, 2.05) is 36.4 Å². The van der Waals surface area contributed by atoms with Gasteiger partial charge in [0.15, 0.2) is 0 Å². The van der Waals surface area contributed by atoms with Crippen molar-refractivity contribution in [1.82, 2.24) is 0 Å². The van der Waals surface area contributed by atoms with Gasteiger partial charge in [0, 0.05) is 31.3 Å². The van der Waals surface area contributed by atoms with Crippen molar-refractivity contribution in [3.8, 4) is 0 Å². The average molecular weight is 268 g/mol. The standard InChI is InChI=1S/C14H12N4S/c15-13(16)7-1-3-9-10-4-2-8(14(17)18)6-12(10)19-11(9)5-7/h1-6H,(H3,15,16)(H3,17,18). The van der Waals surface area contributed by atoms with Gasteiger partial charge in [0.05, 0.1) is 0 Å². The molecule has 0 aliphatic heterocycles. The monoisotopic (exact) mass is 268 g/mol. The molecule has 0 atom stereocenters. The molecule has 0 saturated carbocycles. The van der Waals surface area contributed by atoms with Crippen molar-refractivity contribution in [2.24, 2.45) is 11.5 Å². The van der Waals surface area contributed by atoms with E-state index in [1.54, 1.807) is 11.3 Å². The summed E-state index contributed by atoms with van der Waals surface area (Å²) in [5.41, 5.74) is 12.5. The number of hydrogen-bond acceptors (Lipinski definition) is 3. The van der Waals surface area contributed by atoms with Gasteiger partial charge in [-0.15, -0.1) is 11.3 Å². The quantitative estimate of drug-likeness (QED) is 0.424. The van der Waals surface area contributed by atoms with Crippen LogP contribution < -0.4 is 11.5 Å². The topological polar surface area (TPSA) is 99.7 Å². The van der Waals surface area contributed by atoms with Crippen molar-refractivity contribution >= 4 is 43.2 Å². The number of benzene rings is 2. The summed E-state index contributed by atoms with van der Waals surface area (Å²) in [6.07, 6.45) is 0. The molecule has 0 unspecified atom stereocenters. The summed E-state index contributed by atoms with van der Waals surface area (Å²) < 4.78 is 2.17. The van der Waals surface area contributed by atoms with Gasteiger partial charge < -0.3 is 11.5 Å². The Bertz CT molecular complexity index is 764. The Balaban J connectivity index is 2.31. The Morgan fingerprint density at radius 3 is 1.58 bits per heavy atom. The first kappa shape index (κ1) is 11.7. The van der Waals surface area contributed by atoms with E-state index >= 15 is 0 Å². The van der Waals surface area contributed by atoms with E-state index in [0.29, 0.717) is 0 Å². The van der Waals surface area contributed by atoms with Crippen molar-refractivity contribution < 1.29 is 0 Å². The predicted molar refractivity (Wildman–Crippen MR) is 81.4 cm³/mol. The molecule has 0 aliphatic carbocycles. The number of nitrogens with two attached hydrogens (primary N) is 2. The van der Waals surface area contributed by atoms with Crippen LogP contribution in [-0.2, 0) is 0 Å². The van der Waals surface area contributed by atoms with Crippen molar-refractivity contribution in [1.29, 1.82) is 10.8 Å². The second-order valence-corrected chi connectivity index (χ2v) is 5.44. The minimum atomic E-state index is 0.0729. The predicted octanol–water partition coefficient (Wildman–Crippen LogP) is 2.62. The lowest BCUT2D eigenvalue weighted by molar-refractivity contribution is 1.43. The van der Waals surface area contributed by atoms with Gasteiger partial charge in [0.1, 0.15) is 11.7 Å². The fraction of sp³-hybridized carbons (Fsp3) is 0. The Labute approximate surface area is 113 Å². The lowest BCUT2D eigenvalue weighted by atomic mass is 10.1. The molecular weight excluding hydrogens is 256 g/mol. The minimum Gasteiger partial charge on any atom is -0.384 e. The Morgan fingerprint density at radius 1 is 0.789 bits per heavy atom. The molecule has 4 nitrogen and oxygen atoms in total. The maximum Gasteiger partial charge on any atom is 0.122 e. The van der Waals surface area contributed by atoms with Gasteiger partial charge in [-0.25, -0.2) is 0 Å². The Hall–Kier alpha value is -2.40. The number of fused-ring (bicyclic) bond motifs is 3. The van der Waals surface area contributed by atoms with Gasteiger partial charge in [-0.05, 0) is 12.1 Å². The van der Waals surface area contributed by atoms with E-state index in [-0.39, 0.29) is 11.7 Å². The molecule has 5 heteroatoms. The smallest absolute Gasteiger partial charge is 0.122 e. The molecule has 1 aromatic heterocycles. The molecule has 0 aliphatic rings. The summed E-state index contributed by atoms with van der Waals surface area (Å²) in [5, 5.41) is 17.2. The molecule has 0 fully saturated rings. The van der Waals surface area contributed by atoms with Crippen molar-refractivity contribution in [2.45, 2.75) is 0 Å². The highest BCUT2D eigenvalue weighted by Crippen LogP contribution is 2.34. The van der Waals surface area contributed by atoms with Gasteiger partial charge in [-0.1, -0.05) is 24.3 Å². The lowest BCUT2D eigenvalue weighted by Gasteiger charge is -1.98. The van der Waals surface area contributed by atoms with E-state index in [2.05, 4.69) is 0 Å². The summed E-state index contributed by atoms with van der Waals surface area (Å²) >= 11 is 1.62. The van der Waals surface area contributed by atoms with Gasteiger partial charge in [0.25, 0.3) is 0 Å². The molecule has 0 saturated heterocycles. The van der Waals surface area contributed by atoms with Crippen LogP contribution in [-0.4, -0.2) is 11.7 Å². The summed E-state index contributed by atoms with van der Waals surface area (Å²) in [4.78, 5) is 0. The van der Waals surface area contributed by atoms with Crippen LogP contribution in [0.3, 0.4) is 0 Å². The molecule has 1 heterocycles. The third kappa shape index (κ3) is 1.84. The van der Waals surface area contributed by atoms with Crippen molar-refractivity contribution in [3.63, 3.8) is 0 Å². The molecular formula is C14H12N4S. The minimum absolute atomic E-state index is 0.0729. The maximum atomic E-state index is 7.47. The molecule has 0 spiro atoms. The van der Waals surface area contributed by atoms with Crippen molar-refractivity contribution in [2.75, 3.05) is 0 Å². The number of nitrogens with one attached hydrogen (secondary N) is 2. The summed E-state index contributed by atoms with van der Waals surface area (Å²) in [6.45, 7) is 0. The average Bonchev–Trinajstić information content (AvgIpc) is 2.74. The number of nitrogen functional groups attached to an aromatic ring is 2. The third-order valence-corrected chi connectivity index (χ3v) is 4.21. The molecule has 94 valence electrons. The first-order valence-corrected chi connectivity index (χ1v) is 6.53. The maximum absolute atomic E-state index is 7.47. The van der Waals surface area contributed by atoms with E-state index in [4.69, 9.17) is 22.3 Å². The summed E-state index contributed by atoms with van der Waals surface area (Å²) in [7, 11) is 0. The Morgan fingerprint density at radius 2 is 1.21 bits per heavy atom. The molecule has 3 aromatic rings. The molecule has 0 amide bonds. The number of thiophene rings is 1. The molecule has 0 radical (unpaired) electrons. The van der Waals surface area contributed by atoms with Crippen LogP contribution in [0.15, 0.2) is 36.4 Å². The lowest BCUT2D eigenvalue weighted by Crippen LogP contribution is -2.10. The fourth-order valence-corrected chi connectivity index (χ4v) is 3.30. The van der Waals surface area contributed by atoms with Gasteiger partial charge in [0.2, 0.25) is 0 Å². The zero-order valence-electron chi connectivity index (χ0n) is 10.0. The van der Waals surface area contributed by atoms with Crippen LogP contribution in [0.25, 0.3) is 20.2 Å². The zero-order valence-corrected chi connectivity index (χ0v) is 10.8. The van der Waals surface area contributed by atoms with Crippen LogP contribution in [0.1, 0.15) is 11.1 Å². The molecule has 0 bridgehead atoms. The number of hydrogen-bond donors (Lipinski definition) is 4. The summed E-state index contributed by atoms with van der Waals surface area (Å²) in [6, 6.07) is 11.5. The zero-order chi connectivity index (χ0) is 13.6. The number of amidine groups is 2. The van der Waals surface area contributed by atoms with Crippen LogP contribution in [0, 0.1) is 10.8 Å². The highest BCUT2D eigenvalue weighted by Gasteiger charge is 2.08. The van der Waals surface area contributed by atoms with Crippen LogP contribution in [0.5, 0.6) is 0 Å². The molecule has 19 heavy (non-hydrogen) atoms. The van der Waals surface area contributed by atoms with Crippen molar-refractivity contribution in [3.05, 3.63) is 47.5 Å².